The Hall–Kier alpha value is -2.83. The van der Waals surface area contributed by atoms with Crippen LogP contribution in [-0.4, -0.2) is 59.9 Å². The molecule has 7 heteroatoms. The fourth-order valence-corrected chi connectivity index (χ4v) is 4.10. The highest BCUT2D eigenvalue weighted by atomic mass is 16.2. The Kier molecular flexibility index (Phi) is 6.12. The van der Waals surface area contributed by atoms with Gasteiger partial charge in [0.2, 0.25) is 5.91 Å². The molecule has 2 aliphatic rings. The van der Waals surface area contributed by atoms with E-state index in [0.29, 0.717) is 0 Å². The molecule has 0 unspecified atom stereocenters. The zero-order valence-electron chi connectivity index (χ0n) is 16.9. The van der Waals surface area contributed by atoms with Crippen LogP contribution in [0.4, 0.5) is 11.5 Å². The first-order chi connectivity index (χ1) is 14.2. The Morgan fingerprint density at radius 1 is 0.793 bits per heavy atom. The van der Waals surface area contributed by atoms with Crippen molar-refractivity contribution in [3.05, 3.63) is 52.8 Å². The predicted molar refractivity (Wildman–Crippen MR) is 114 cm³/mol. The summed E-state index contributed by atoms with van der Waals surface area (Å²) in [6.45, 7) is 5.06. The van der Waals surface area contributed by atoms with Crippen molar-refractivity contribution in [1.82, 2.24) is 14.7 Å². The molecule has 29 heavy (non-hydrogen) atoms. The van der Waals surface area contributed by atoms with E-state index in [1.165, 1.54) is 29.3 Å². The lowest BCUT2D eigenvalue weighted by Gasteiger charge is -2.36. The molecule has 3 heterocycles. The van der Waals surface area contributed by atoms with Crippen molar-refractivity contribution >= 4 is 17.4 Å². The van der Waals surface area contributed by atoms with Gasteiger partial charge < -0.3 is 14.7 Å². The van der Waals surface area contributed by atoms with Crippen molar-refractivity contribution in [1.29, 1.82) is 0 Å². The summed E-state index contributed by atoms with van der Waals surface area (Å²) < 4.78 is 1.33. The van der Waals surface area contributed by atoms with Gasteiger partial charge in [0, 0.05) is 51.0 Å². The molecule has 0 bridgehead atoms. The van der Waals surface area contributed by atoms with Gasteiger partial charge in [-0.25, -0.2) is 4.68 Å². The maximum absolute atomic E-state index is 12.7. The van der Waals surface area contributed by atoms with Gasteiger partial charge in [-0.1, -0.05) is 31.0 Å². The van der Waals surface area contributed by atoms with Crippen LogP contribution >= 0.6 is 0 Å². The zero-order chi connectivity index (χ0) is 20.1. The van der Waals surface area contributed by atoms with Gasteiger partial charge in [0.1, 0.15) is 12.4 Å². The number of piperazine rings is 1. The lowest BCUT2D eigenvalue weighted by molar-refractivity contribution is -0.132. The number of carbonyl (C=O) groups is 1. The zero-order valence-corrected chi connectivity index (χ0v) is 16.9. The number of para-hydroxylation sites is 1. The number of nitrogens with zero attached hydrogens (tertiary/aromatic N) is 5. The first-order valence-corrected chi connectivity index (χ1v) is 10.6. The maximum Gasteiger partial charge on any atom is 0.267 e. The summed E-state index contributed by atoms with van der Waals surface area (Å²) in [7, 11) is 0. The molecule has 0 aliphatic carbocycles. The number of likely N-dealkylation sites (tertiary alicyclic amines) is 1. The van der Waals surface area contributed by atoms with Gasteiger partial charge in [-0.3, -0.25) is 9.59 Å². The van der Waals surface area contributed by atoms with E-state index in [2.05, 4.69) is 39.2 Å². The summed E-state index contributed by atoms with van der Waals surface area (Å²) in [5.41, 5.74) is 1.01. The van der Waals surface area contributed by atoms with E-state index in [9.17, 15) is 9.59 Å². The normalized spacial score (nSPS) is 17.9. The minimum atomic E-state index is -0.222. The summed E-state index contributed by atoms with van der Waals surface area (Å²) >= 11 is 0. The average molecular weight is 396 g/mol. The molecular weight excluding hydrogens is 366 g/mol. The highest BCUT2D eigenvalue weighted by Crippen LogP contribution is 2.18. The second kappa shape index (κ2) is 9.11. The molecule has 2 fully saturated rings. The van der Waals surface area contributed by atoms with Gasteiger partial charge in [0.25, 0.3) is 5.56 Å². The first kappa shape index (κ1) is 19.5. The maximum atomic E-state index is 12.7. The Bertz CT molecular complexity index is 866. The van der Waals surface area contributed by atoms with E-state index in [-0.39, 0.29) is 18.0 Å². The summed E-state index contributed by atoms with van der Waals surface area (Å²) in [5, 5.41) is 4.52. The Morgan fingerprint density at radius 3 is 2.14 bits per heavy atom. The minimum absolute atomic E-state index is 0.00690. The molecule has 1 aromatic heterocycles. The number of hydrogen-bond donors (Lipinski definition) is 0. The van der Waals surface area contributed by atoms with Crippen LogP contribution in [0, 0.1) is 0 Å². The fourth-order valence-electron chi connectivity index (χ4n) is 4.10. The van der Waals surface area contributed by atoms with Crippen LogP contribution in [0.2, 0.25) is 0 Å². The van der Waals surface area contributed by atoms with Crippen molar-refractivity contribution in [3.63, 3.8) is 0 Å². The number of benzene rings is 1. The molecular formula is C22H29N5O2. The fraction of sp³-hybridized carbons (Fsp3) is 0.500. The average Bonchev–Trinajstić information content (AvgIpc) is 3.06. The van der Waals surface area contributed by atoms with Gasteiger partial charge >= 0.3 is 0 Å². The molecule has 0 saturated carbocycles. The van der Waals surface area contributed by atoms with Crippen LogP contribution in [0.5, 0.6) is 0 Å². The number of carbonyl (C=O) groups excluding carboxylic acids is 1. The first-order valence-electron chi connectivity index (χ1n) is 10.6. The van der Waals surface area contributed by atoms with E-state index >= 15 is 0 Å². The second-order valence-electron chi connectivity index (χ2n) is 7.79. The largest absolute Gasteiger partial charge is 0.368 e. The van der Waals surface area contributed by atoms with Gasteiger partial charge in [-0.15, -0.1) is 0 Å². The minimum Gasteiger partial charge on any atom is -0.368 e. The SMILES string of the molecule is O=C(Cn1nc(N2CCN(c3ccccc3)CC2)ccc1=O)N1CCCCCC1. The number of hydrogen-bond acceptors (Lipinski definition) is 5. The summed E-state index contributed by atoms with van der Waals surface area (Å²) in [4.78, 5) is 31.4. The van der Waals surface area contributed by atoms with Crippen LogP contribution in [0.25, 0.3) is 0 Å². The monoisotopic (exact) mass is 395 g/mol. The Labute approximate surface area is 171 Å². The Balaban J connectivity index is 1.40. The molecule has 2 aliphatic heterocycles. The molecule has 1 amide bonds. The van der Waals surface area contributed by atoms with Crippen LogP contribution in [0.15, 0.2) is 47.3 Å². The van der Waals surface area contributed by atoms with Crippen LogP contribution in [0.3, 0.4) is 0 Å². The summed E-state index contributed by atoms with van der Waals surface area (Å²) in [6, 6.07) is 13.7. The summed E-state index contributed by atoms with van der Waals surface area (Å²) in [5.74, 6) is 0.758. The lowest BCUT2D eigenvalue weighted by atomic mass is 10.2. The predicted octanol–water partition coefficient (Wildman–Crippen LogP) is 1.97. The standard InChI is InChI=1S/C22H29N5O2/c28-21-11-10-20(23-27(21)18-22(29)26-12-6-1-2-7-13-26)25-16-14-24(15-17-25)19-8-4-3-5-9-19/h3-5,8-11H,1-2,6-7,12-18H2. The number of anilines is 2. The molecule has 4 rings (SSSR count). The molecule has 0 spiro atoms. The summed E-state index contributed by atoms with van der Waals surface area (Å²) in [6.07, 6.45) is 4.43. The van der Waals surface area contributed by atoms with Crippen LogP contribution in [0.1, 0.15) is 25.7 Å². The second-order valence-corrected chi connectivity index (χ2v) is 7.79. The molecule has 2 aromatic rings. The molecule has 0 radical (unpaired) electrons. The third-order valence-electron chi connectivity index (χ3n) is 5.82. The van der Waals surface area contributed by atoms with Crippen LogP contribution < -0.4 is 15.4 Å². The van der Waals surface area contributed by atoms with E-state index in [1.54, 1.807) is 6.07 Å². The number of amides is 1. The molecule has 7 nitrogen and oxygen atoms in total. The molecule has 0 N–H and O–H groups in total. The van der Waals surface area contributed by atoms with E-state index in [0.717, 1.165) is 57.9 Å². The van der Waals surface area contributed by atoms with Crippen LogP contribution in [-0.2, 0) is 11.3 Å². The van der Waals surface area contributed by atoms with Crippen molar-refractivity contribution in [2.45, 2.75) is 32.2 Å². The van der Waals surface area contributed by atoms with Gasteiger partial charge in [-0.05, 0) is 31.0 Å². The van der Waals surface area contributed by atoms with Gasteiger partial charge in [-0.2, -0.15) is 5.10 Å². The molecule has 1 aromatic carbocycles. The van der Waals surface area contributed by atoms with Crippen molar-refractivity contribution in [2.75, 3.05) is 49.1 Å². The molecule has 154 valence electrons. The van der Waals surface area contributed by atoms with E-state index in [4.69, 9.17) is 0 Å². The topological polar surface area (TPSA) is 61.7 Å². The molecule has 2 saturated heterocycles. The Morgan fingerprint density at radius 2 is 1.45 bits per heavy atom. The van der Waals surface area contributed by atoms with Gasteiger partial charge in [0.15, 0.2) is 0 Å². The quantitative estimate of drug-likeness (QED) is 0.792. The molecule has 0 atom stereocenters. The third kappa shape index (κ3) is 4.78. The van der Waals surface area contributed by atoms with E-state index in [1.807, 2.05) is 11.0 Å². The number of aromatic nitrogens is 2. The smallest absolute Gasteiger partial charge is 0.267 e. The van der Waals surface area contributed by atoms with Crippen molar-refractivity contribution in [2.24, 2.45) is 0 Å². The number of rotatable bonds is 4. The van der Waals surface area contributed by atoms with Crippen molar-refractivity contribution < 1.29 is 4.79 Å². The van der Waals surface area contributed by atoms with E-state index < -0.39 is 0 Å². The highest BCUT2D eigenvalue weighted by Gasteiger charge is 2.20. The highest BCUT2D eigenvalue weighted by molar-refractivity contribution is 5.75. The van der Waals surface area contributed by atoms with Gasteiger partial charge in [0.05, 0.1) is 0 Å². The van der Waals surface area contributed by atoms with Crippen molar-refractivity contribution in [3.8, 4) is 0 Å². The third-order valence-corrected chi connectivity index (χ3v) is 5.82. The lowest BCUT2D eigenvalue weighted by Crippen LogP contribution is -2.47.